The second kappa shape index (κ2) is 6.83. The summed E-state index contributed by atoms with van der Waals surface area (Å²) in [5, 5.41) is 4.78. The summed E-state index contributed by atoms with van der Waals surface area (Å²) in [5.41, 5.74) is 0.263. The van der Waals surface area contributed by atoms with Crippen molar-refractivity contribution in [3.8, 4) is 5.75 Å². The number of nitrogens with zero attached hydrogens (tertiary/aromatic N) is 3. The second-order valence-electron chi connectivity index (χ2n) is 4.50. The van der Waals surface area contributed by atoms with Gasteiger partial charge < -0.3 is 9.64 Å². The van der Waals surface area contributed by atoms with Gasteiger partial charge in [-0.05, 0) is 24.3 Å². The zero-order valence-electron chi connectivity index (χ0n) is 11.7. The molecule has 0 aliphatic carbocycles. The molecule has 7 heteroatoms. The number of aryl methyl sites for hydroxylation is 1. The maximum Gasteiger partial charge on any atom is 0.287 e. The molecule has 0 saturated heterocycles. The number of likely N-dealkylation sites (N-methyl/N-ethyl adjacent to an activating group) is 1. The Labute approximate surface area is 132 Å². The van der Waals surface area contributed by atoms with Crippen LogP contribution >= 0.6 is 23.2 Å². The van der Waals surface area contributed by atoms with Gasteiger partial charge in [-0.3, -0.25) is 4.79 Å². The SMILES string of the molecule is CN(CCOc1ccc(Cl)cc1)c1cnn(C)c(=O)c1Cl. The lowest BCUT2D eigenvalue weighted by atomic mass is 10.3. The van der Waals surface area contributed by atoms with E-state index < -0.39 is 0 Å². The highest BCUT2D eigenvalue weighted by Gasteiger charge is 2.11. The molecule has 0 N–H and O–H groups in total. The molecule has 0 radical (unpaired) electrons. The smallest absolute Gasteiger partial charge is 0.287 e. The number of ether oxygens (including phenoxy) is 1. The highest BCUT2D eigenvalue weighted by Crippen LogP contribution is 2.19. The van der Waals surface area contributed by atoms with E-state index >= 15 is 0 Å². The van der Waals surface area contributed by atoms with E-state index in [1.165, 1.54) is 4.68 Å². The molecule has 0 saturated carbocycles. The van der Waals surface area contributed by atoms with E-state index in [1.54, 1.807) is 37.5 Å². The minimum Gasteiger partial charge on any atom is -0.492 e. The van der Waals surface area contributed by atoms with E-state index in [0.29, 0.717) is 23.9 Å². The summed E-state index contributed by atoms with van der Waals surface area (Å²) in [6, 6.07) is 7.13. The van der Waals surface area contributed by atoms with E-state index in [1.807, 2.05) is 11.9 Å². The molecule has 2 aromatic rings. The molecular formula is C14H15Cl2N3O2. The molecule has 0 aliphatic rings. The van der Waals surface area contributed by atoms with Crippen LogP contribution < -0.4 is 15.2 Å². The number of hydrogen-bond donors (Lipinski definition) is 0. The Kier molecular flexibility index (Phi) is 5.09. The lowest BCUT2D eigenvalue weighted by Crippen LogP contribution is -2.28. The first-order valence-electron chi connectivity index (χ1n) is 6.30. The van der Waals surface area contributed by atoms with E-state index in [4.69, 9.17) is 27.9 Å². The van der Waals surface area contributed by atoms with Crippen molar-refractivity contribution in [1.29, 1.82) is 0 Å². The maximum absolute atomic E-state index is 11.7. The van der Waals surface area contributed by atoms with E-state index in [-0.39, 0.29) is 10.6 Å². The molecule has 0 atom stereocenters. The van der Waals surface area contributed by atoms with Gasteiger partial charge in [0.2, 0.25) is 0 Å². The van der Waals surface area contributed by atoms with Crippen molar-refractivity contribution in [2.24, 2.45) is 7.05 Å². The summed E-state index contributed by atoms with van der Waals surface area (Å²) >= 11 is 11.8. The van der Waals surface area contributed by atoms with Crippen LogP contribution in [0.3, 0.4) is 0 Å². The minimum absolute atomic E-state index is 0.154. The Morgan fingerprint density at radius 3 is 2.62 bits per heavy atom. The van der Waals surface area contributed by atoms with Gasteiger partial charge in [0.05, 0.1) is 18.4 Å². The average molecular weight is 328 g/mol. The van der Waals surface area contributed by atoms with Gasteiger partial charge in [-0.2, -0.15) is 5.10 Å². The van der Waals surface area contributed by atoms with Crippen molar-refractivity contribution < 1.29 is 4.74 Å². The van der Waals surface area contributed by atoms with E-state index in [0.717, 1.165) is 5.75 Å². The van der Waals surface area contributed by atoms with Crippen molar-refractivity contribution in [3.63, 3.8) is 0 Å². The summed E-state index contributed by atoms with van der Waals surface area (Å²) in [6.07, 6.45) is 1.56. The Morgan fingerprint density at radius 1 is 1.29 bits per heavy atom. The fourth-order valence-electron chi connectivity index (χ4n) is 1.72. The zero-order chi connectivity index (χ0) is 15.4. The second-order valence-corrected chi connectivity index (χ2v) is 5.31. The molecule has 5 nitrogen and oxygen atoms in total. The summed E-state index contributed by atoms with van der Waals surface area (Å²) in [7, 11) is 3.38. The van der Waals surface area contributed by atoms with Crippen LogP contribution in [0.25, 0.3) is 0 Å². The van der Waals surface area contributed by atoms with Gasteiger partial charge in [0.25, 0.3) is 5.56 Å². The number of hydrogen-bond acceptors (Lipinski definition) is 4. The van der Waals surface area contributed by atoms with Crippen molar-refractivity contribution in [3.05, 3.63) is 50.9 Å². The van der Waals surface area contributed by atoms with Gasteiger partial charge in [0, 0.05) is 19.1 Å². The Balaban J connectivity index is 1.96. The van der Waals surface area contributed by atoms with Crippen LogP contribution in [-0.2, 0) is 7.05 Å². The molecule has 1 heterocycles. The predicted octanol–water partition coefficient (Wildman–Crippen LogP) is 2.60. The van der Waals surface area contributed by atoms with Crippen LogP contribution in [0.4, 0.5) is 5.69 Å². The topological polar surface area (TPSA) is 47.4 Å². The van der Waals surface area contributed by atoms with E-state index in [2.05, 4.69) is 5.10 Å². The molecule has 0 bridgehead atoms. The van der Waals surface area contributed by atoms with Gasteiger partial charge >= 0.3 is 0 Å². The third kappa shape index (κ3) is 3.89. The minimum atomic E-state index is -0.320. The molecular weight excluding hydrogens is 313 g/mol. The van der Waals surface area contributed by atoms with Crippen LogP contribution in [0, 0.1) is 0 Å². The van der Waals surface area contributed by atoms with Crippen molar-refractivity contribution in [2.75, 3.05) is 25.1 Å². The molecule has 0 spiro atoms. The van der Waals surface area contributed by atoms with E-state index in [9.17, 15) is 4.79 Å². The number of benzene rings is 1. The first-order valence-corrected chi connectivity index (χ1v) is 7.06. The fraction of sp³-hybridized carbons (Fsp3) is 0.286. The molecule has 0 fully saturated rings. The van der Waals surface area contributed by atoms with Gasteiger partial charge in [0.1, 0.15) is 17.4 Å². The standard InChI is InChI=1S/C14H15Cl2N3O2/c1-18(12-9-17-19(2)14(20)13(12)16)7-8-21-11-5-3-10(15)4-6-11/h3-6,9H,7-8H2,1-2H3. The quantitative estimate of drug-likeness (QED) is 0.846. The number of halogens is 2. The Bertz CT molecular complexity index is 671. The van der Waals surface area contributed by atoms with Crippen LogP contribution in [0.15, 0.2) is 35.3 Å². The first kappa shape index (κ1) is 15.7. The normalized spacial score (nSPS) is 10.5. The van der Waals surface area contributed by atoms with Gasteiger partial charge in [-0.25, -0.2) is 4.68 Å². The molecule has 112 valence electrons. The number of aromatic nitrogens is 2. The highest BCUT2D eigenvalue weighted by molar-refractivity contribution is 6.33. The van der Waals surface area contributed by atoms with Gasteiger partial charge in [-0.15, -0.1) is 0 Å². The summed E-state index contributed by atoms with van der Waals surface area (Å²) in [5.74, 6) is 0.737. The molecule has 21 heavy (non-hydrogen) atoms. The molecule has 0 aliphatic heterocycles. The van der Waals surface area contributed by atoms with Gasteiger partial charge in [0.15, 0.2) is 0 Å². The molecule has 0 unspecified atom stereocenters. The van der Waals surface area contributed by atoms with Crippen LogP contribution in [0.5, 0.6) is 5.75 Å². The number of anilines is 1. The predicted molar refractivity (Wildman–Crippen MR) is 84.7 cm³/mol. The first-order chi connectivity index (χ1) is 9.99. The van der Waals surface area contributed by atoms with Crippen LogP contribution in [0.2, 0.25) is 10.0 Å². The zero-order valence-corrected chi connectivity index (χ0v) is 13.2. The largest absolute Gasteiger partial charge is 0.492 e. The molecule has 0 amide bonds. The molecule has 2 rings (SSSR count). The van der Waals surface area contributed by atoms with Crippen LogP contribution in [0.1, 0.15) is 0 Å². The summed E-state index contributed by atoms with van der Waals surface area (Å²) in [4.78, 5) is 13.5. The summed E-state index contributed by atoms with van der Waals surface area (Å²) in [6.45, 7) is 1.01. The van der Waals surface area contributed by atoms with Crippen molar-refractivity contribution in [1.82, 2.24) is 9.78 Å². The Morgan fingerprint density at radius 2 is 1.95 bits per heavy atom. The molecule has 1 aromatic carbocycles. The average Bonchev–Trinajstić information content (AvgIpc) is 2.47. The lowest BCUT2D eigenvalue weighted by Gasteiger charge is -2.20. The monoisotopic (exact) mass is 327 g/mol. The van der Waals surface area contributed by atoms with Crippen molar-refractivity contribution >= 4 is 28.9 Å². The van der Waals surface area contributed by atoms with Crippen molar-refractivity contribution in [2.45, 2.75) is 0 Å². The number of rotatable bonds is 5. The third-order valence-electron chi connectivity index (χ3n) is 2.98. The highest BCUT2D eigenvalue weighted by atomic mass is 35.5. The third-order valence-corrected chi connectivity index (χ3v) is 3.59. The lowest BCUT2D eigenvalue weighted by molar-refractivity contribution is 0.326. The summed E-state index contributed by atoms with van der Waals surface area (Å²) < 4.78 is 6.80. The maximum atomic E-state index is 11.7. The van der Waals surface area contributed by atoms with Gasteiger partial charge in [-0.1, -0.05) is 23.2 Å². The Hall–Kier alpha value is -1.72. The molecule has 1 aromatic heterocycles. The van der Waals surface area contributed by atoms with Crippen LogP contribution in [-0.4, -0.2) is 30.0 Å². The fourth-order valence-corrected chi connectivity index (χ4v) is 2.16.